The summed E-state index contributed by atoms with van der Waals surface area (Å²) in [5.74, 6) is 0.955. The lowest BCUT2D eigenvalue weighted by atomic mass is 10.1. The van der Waals surface area contributed by atoms with Crippen LogP contribution in [0.5, 0.6) is 0 Å². The van der Waals surface area contributed by atoms with E-state index in [1.807, 2.05) is 45.0 Å². The van der Waals surface area contributed by atoms with Crippen molar-refractivity contribution in [2.24, 2.45) is 0 Å². The van der Waals surface area contributed by atoms with E-state index in [0.717, 1.165) is 17.7 Å². The molecule has 0 bridgehead atoms. The second kappa shape index (κ2) is 8.10. The Hall–Kier alpha value is -3.48. The number of hydrogen-bond donors (Lipinski definition) is 1. The minimum atomic E-state index is -0.261. The van der Waals surface area contributed by atoms with Gasteiger partial charge in [0.25, 0.3) is 11.8 Å². The molecule has 1 aliphatic heterocycles. The number of aromatic nitrogens is 2. The monoisotopic (exact) mass is 404 g/mol. The molecule has 1 fully saturated rings. The van der Waals surface area contributed by atoms with Crippen LogP contribution in [-0.4, -0.2) is 28.5 Å². The van der Waals surface area contributed by atoms with Crippen LogP contribution in [0.1, 0.15) is 54.4 Å². The van der Waals surface area contributed by atoms with E-state index >= 15 is 0 Å². The molecule has 2 amide bonds. The lowest BCUT2D eigenvalue weighted by Gasteiger charge is -2.17. The normalized spacial score (nSPS) is 13.9. The van der Waals surface area contributed by atoms with E-state index in [0.29, 0.717) is 41.5 Å². The molecule has 0 radical (unpaired) electrons. The molecule has 154 valence electrons. The third-order valence-corrected chi connectivity index (χ3v) is 5.19. The molecule has 0 atom stereocenters. The predicted octanol–water partition coefficient (Wildman–Crippen LogP) is 4.55. The van der Waals surface area contributed by atoms with Crippen LogP contribution < -0.4 is 10.2 Å². The molecule has 3 aromatic rings. The Morgan fingerprint density at radius 2 is 2.00 bits per heavy atom. The molecule has 0 spiro atoms. The number of benzene rings is 2. The lowest BCUT2D eigenvalue weighted by molar-refractivity contribution is -0.117. The van der Waals surface area contributed by atoms with E-state index in [1.54, 1.807) is 23.1 Å². The lowest BCUT2D eigenvalue weighted by Crippen LogP contribution is -2.24. The van der Waals surface area contributed by atoms with Crippen LogP contribution in [0.2, 0.25) is 0 Å². The van der Waals surface area contributed by atoms with Crippen molar-refractivity contribution in [3.8, 4) is 11.5 Å². The highest BCUT2D eigenvalue weighted by atomic mass is 16.5. The Bertz CT molecular complexity index is 1100. The topological polar surface area (TPSA) is 88.3 Å². The molecule has 2 aromatic carbocycles. The second-order valence-electron chi connectivity index (χ2n) is 7.76. The van der Waals surface area contributed by atoms with Gasteiger partial charge in [0.05, 0.1) is 11.3 Å². The van der Waals surface area contributed by atoms with Crippen molar-refractivity contribution in [1.82, 2.24) is 10.1 Å². The number of para-hydroxylation sites is 1. The summed E-state index contributed by atoms with van der Waals surface area (Å²) < 4.78 is 5.44. The molecule has 1 aromatic heterocycles. The van der Waals surface area contributed by atoms with Crippen molar-refractivity contribution in [2.45, 2.75) is 39.5 Å². The SMILES string of the molecule is Cc1cccc(-c2nc(C(C)C)no2)c1NC(=O)c1cccc(N2CCCC2=O)c1. The standard InChI is InChI=1S/C23H24N4O3/c1-14(2)21-25-23(30-26-21)18-10-4-7-15(3)20(18)24-22(29)16-8-5-9-17(13-16)27-12-6-11-19(27)28/h4-5,7-10,13-14H,6,11-12H2,1-3H3,(H,24,29). The molecular formula is C23H24N4O3. The first-order chi connectivity index (χ1) is 14.4. The number of nitrogens with zero attached hydrogens (tertiary/aromatic N) is 3. The number of aryl methyl sites for hydroxylation is 1. The Morgan fingerprint density at radius 3 is 2.70 bits per heavy atom. The number of amides is 2. The highest BCUT2D eigenvalue weighted by Crippen LogP contribution is 2.31. The number of hydrogen-bond acceptors (Lipinski definition) is 5. The second-order valence-corrected chi connectivity index (χ2v) is 7.76. The number of nitrogens with one attached hydrogen (secondary N) is 1. The van der Waals surface area contributed by atoms with Gasteiger partial charge in [0.2, 0.25) is 5.91 Å². The Morgan fingerprint density at radius 1 is 1.20 bits per heavy atom. The molecule has 2 heterocycles. The fraction of sp³-hybridized carbons (Fsp3) is 0.304. The first kappa shape index (κ1) is 19.8. The van der Waals surface area contributed by atoms with Crippen molar-refractivity contribution in [3.05, 3.63) is 59.4 Å². The van der Waals surface area contributed by atoms with E-state index in [2.05, 4.69) is 15.5 Å². The van der Waals surface area contributed by atoms with Crippen molar-refractivity contribution >= 4 is 23.2 Å². The fourth-order valence-electron chi connectivity index (χ4n) is 3.51. The first-order valence-electron chi connectivity index (χ1n) is 10.1. The molecular weight excluding hydrogens is 380 g/mol. The van der Waals surface area contributed by atoms with E-state index in [4.69, 9.17) is 4.52 Å². The average molecular weight is 404 g/mol. The van der Waals surface area contributed by atoms with E-state index in [-0.39, 0.29) is 17.7 Å². The van der Waals surface area contributed by atoms with Crippen LogP contribution in [0.25, 0.3) is 11.5 Å². The maximum absolute atomic E-state index is 13.0. The molecule has 30 heavy (non-hydrogen) atoms. The van der Waals surface area contributed by atoms with Crippen LogP contribution in [0.15, 0.2) is 47.0 Å². The van der Waals surface area contributed by atoms with Gasteiger partial charge in [-0.3, -0.25) is 9.59 Å². The van der Waals surface area contributed by atoms with Gasteiger partial charge in [-0.25, -0.2) is 0 Å². The summed E-state index contributed by atoms with van der Waals surface area (Å²) in [7, 11) is 0. The highest BCUT2D eigenvalue weighted by Gasteiger charge is 2.23. The van der Waals surface area contributed by atoms with Gasteiger partial charge in [-0.1, -0.05) is 37.2 Å². The molecule has 1 N–H and O–H groups in total. The van der Waals surface area contributed by atoms with Crippen LogP contribution in [0.3, 0.4) is 0 Å². The largest absolute Gasteiger partial charge is 0.334 e. The molecule has 1 aliphatic rings. The van der Waals surface area contributed by atoms with Gasteiger partial charge in [0.15, 0.2) is 5.82 Å². The van der Waals surface area contributed by atoms with Crippen molar-refractivity contribution < 1.29 is 14.1 Å². The van der Waals surface area contributed by atoms with Crippen LogP contribution >= 0.6 is 0 Å². The minimum absolute atomic E-state index is 0.0890. The summed E-state index contributed by atoms with van der Waals surface area (Å²) in [6.45, 7) is 6.58. The van der Waals surface area contributed by atoms with E-state index < -0.39 is 0 Å². The third-order valence-electron chi connectivity index (χ3n) is 5.19. The third kappa shape index (κ3) is 3.83. The van der Waals surface area contributed by atoms with Gasteiger partial charge in [-0.05, 0) is 43.2 Å². The van der Waals surface area contributed by atoms with E-state index in [9.17, 15) is 9.59 Å². The molecule has 7 heteroatoms. The van der Waals surface area contributed by atoms with Gasteiger partial charge < -0.3 is 14.7 Å². The summed E-state index contributed by atoms with van der Waals surface area (Å²) >= 11 is 0. The van der Waals surface area contributed by atoms with Crippen LogP contribution in [0, 0.1) is 6.92 Å². The highest BCUT2D eigenvalue weighted by molar-refractivity contribution is 6.07. The molecule has 1 saturated heterocycles. The predicted molar refractivity (Wildman–Crippen MR) is 115 cm³/mol. The van der Waals surface area contributed by atoms with Crippen molar-refractivity contribution in [1.29, 1.82) is 0 Å². The van der Waals surface area contributed by atoms with Crippen LogP contribution in [0.4, 0.5) is 11.4 Å². The number of carbonyl (C=O) groups excluding carboxylic acids is 2. The molecule has 0 aliphatic carbocycles. The van der Waals surface area contributed by atoms with Crippen LogP contribution in [-0.2, 0) is 4.79 Å². The first-order valence-corrected chi connectivity index (χ1v) is 10.1. The summed E-state index contributed by atoms with van der Waals surface area (Å²) in [4.78, 5) is 31.3. The molecule has 4 rings (SSSR count). The van der Waals surface area contributed by atoms with E-state index in [1.165, 1.54) is 0 Å². The summed E-state index contributed by atoms with van der Waals surface area (Å²) in [6.07, 6.45) is 1.38. The Balaban J connectivity index is 1.63. The smallest absolute Gasteiger partial charge is 0.260 e. The minimum Gasteiger partial charge on any atom is -0.334 e. The quantitative estimate of drug-likeness (QED) is 0.674. The number of rotatable bonds is 5. The summed E-state index contributed by atoms with van der Waals surface area (Å²) in [6, 6.07) is 12.8. The van der Waals surface area contributed by atoms with Gasteiger partial charge in [0.1, 0.15) is 0 Å². The summed E-state index contributed by atoms with van der Waals surface area (Å²) in [5.41, 5.74) is 3.41. The maximum atomic E-state index is 13.0. The van der Waals surface area contributed by atoms with Gasteiger partial charge in [-0.2, -0.15) is 4.98 Å². The molecule has 0 unspecified atom stereocenters. The number of anilines is 2. The van der Waals surface area contributed by atoms with Gasteiger partial charge in [0, 0.05) is 30.1 Å². The average Bonchev–Trinajstić information content (AvgIpc) is 3.39. The van der Waals surface area contributed by atoms with Crippen molar-refractivity contribution in [2.75, 3.05) is 16.8 Å². The van der Waals surface area contributed by atoms with Crippen molar-refractivity contribution in [3.63, 3.8) is 0 Å². The fourth-order valence-corrected chi connectivity index (χ4v) is 3.51. The maximum Gasteiger partial charge on any atom is 0.260 e. The Kier molecular flexibility index (Phi) is 5.35. The zero-order valence-corrected chi connectivity index (χ0v) is 17.3. The molecule has 0 saturated carbocycles. The van der Waals surface area contributed by atoms with Gasteiger partial charge in [-0.15, -0.1) is 0 Å². The summed E-state index contributed by atoms with van der Waals surface area (Å²) in [5, 5.41) is 7.02. The number of carbonyl (C=O) groups is 2. The zero-order chi connectivity index (χ0) is 21.3. The zero-order valence-electron chi connectivity index (χ0n) is 17.3. The van der Waals surface area contributed by atoms with Gasteiger partial charge >= 0.3 is 0 Å². The molecule has 7 nitrogen and oxygen atoms in total. The Labute approximate surface area is 175 Å².